The lowest BCUT2D eigenvalue weighted by Gasteiger charge is -2.09. The molecule has 1 aromatic rings. The van der Waals surface area contributed by atoms with E-state index in [2.05, 4.69) is 9.50 Å². The molecule has 0 saturated heterocycles. The molecular formula is C8H12N2O3S. The van der Waals surface area contributed by atoms with Gasteiger partial charge in [0, 0.05) is 18.3 Å². The third-order valence-corrected chi connectivity index (χ3v) is 1.86. The summed E-state index contributed by atoms with van der Waals surface area (Å²) >= 11 is -2.33. The van der Waals surface area contributed by atoms with Crippen molar-refractivity contribution in [2.45, 2.75) is 6.92 Å². The molecule has 1 aromatic carbocycles. The van der Waals surface area contributed by atoms with Gasteiger partial charge in [-0.05, 0) is 19.1 Å². The first-order chi connectivity index (χ1) is 6.63. The summed E-state index contributed by atoms with van der Waals surface area (Å²) in [5, 5.41) is 2.98. The van der Waals surface area contributed by atoms with Gasteiger partial charge in [-0.1, -0.05) is 0 Å². The molecule has 0 aliphatic rings. The van der Waals surface area contributed by atoms with E-state index in [0.29, 0.717) is 17.9 Å². The van der Waals surface area contributed by atoms with Gasteiger partial charge in [0.25, 0.3) is 0 Å². The first kappa shape index (κ1) is 10.8. The van der Waals surface area contributed by atoms with Crippen molar-refractivity contribution in [2.24, 2.45) is 0 Å². The topological polar surface area (TPSA) is 84.6 Å². The minimum absolute atomic E-state index is 0.271. The van der Waals surface area contributed by atoms with Crippen LogP contribution in [0.1, 0.15) is 6.92 Å². The van der Waals surface area contributed by atoms with Gasteiger partial charge in [0.2, 0.25) is 0 Å². The maximum absolute atomic E-state index is 10.5. The zero-order valence-corrected chi connectivity index (χ0v) is 8.50. The molecule has 14 heavy (non-hydrogen) atoms. The second-order valence-electron chi connectivity index (χ2n) is 2.59. The fourth-order valence-corrected chi connectivity index (χ4v) is 1.31. The van der Waals surface area contributed by atoms with E-state index in [1.54, 1.807) is 12.1 Å². The van der Waals surface area contributed by atoms with E-state index in [1.165, 1.54) is 6.07 Å². The molecule has 5 nitrogen and oxygen atoms in total. The van der Waals surface area contributed by atoms with Gasteiger partial charge in [0.15, 0.2) is 5.75 Å². The van der Waals surface area contributed by atoms with E-state index in [0.717, 1.165) is 0 Å². The number of nitrogens with one attached hydrogen (secondary N) is 1. The summed E-state index contributed by atoms with van der Waals surface area (Å²) in [4.78, 5) is 0. The highest BCUT2D eigenvalue weighted by atomic mass is 32.2. The maximum atomic E-state index is 10.5. The molecule has 4 N–H and O–H groups in total. The van der Waals surface area contributed by atoms with Crippen molar-refractivity contribution in [3.8, 4) is 5.75 Å². The highest BCUT2D eigenvalue weighted by Crippen LogP contribution is 2.27. The van der Waals surface area contributed by atoms with Crippen LogP contribution in [0, 0.1) is 0 Å². The number of nitrogen functional groups attached to an aromatic ring is 1. The normalized spacial score (nSPS) is 12.1. The second-order valence-corrected chi connectivity index (χ2v) is 3.19. The lowest BCUT2D eigenvalue weighted by molar-refractivity contribution is 0.459. The van der Waals surface area contributed by atoms with Gasteiger partial charge < -0.3 is 15.2 Å². The molecule has 0 amide bonds. The molecule has 0 spiro atoms. The summed E-state index contributed by atoms with van der Waals surface area (Å²) in [6, 6.07) is 4.87. The van der Waals surface area contributed by atoms with Crippen LogP contribution in [0.25, 0.3) is 0 Å². The predicted molar refractivity (Wildman–Crippen MR) is 56.4 cm³/mol. The van der Waals surface area contributed by atoms with Crippen molar-refractivity contribution >= 4 is 22.7 Å². The van der Waals surface area contributed by atoms with Gasteiger partial charge in [0.1, 0.15) is 0 Å². The molecule has 78 valence electrons. The Morgan fingerprint density at radius 1 is 1.64 bits per heavy atom. The summed E-state index contributed by atoms with van der Waals surface area (Å²) in [7, 11) is 0. The number of anilines is 2. The maximum Gasteiger partial charge on any atom is 0.357 e. The van der Waals surface area contributed by atoms with Crippen molar-refractivity contribution in [2.75, 3.05) is 17.6 Å². The molecule has 0 aliphatic carbocycles. The van der Waals surface area contributed by atoms with Crippen LogP contribution in [0.3, 0.4) is 0 Å². The Morgan fingerprint density at radius 2 is 2.36 bits per heavy atom. The molecule has 0 fully saturated rings. The van der Waals surface area contributed by atoms with Crippen LogP contribution in [-0.2, 0) is 11.4 Å². The van der Waals surface area contributed by atoms with Crippen LogP contribution in [0.4, 0.5) is 11.4 Å². The van der Waals surface area contributed by atoms with Gasteiger partial charge in [-0.3, -0.25) is 4.55 Å². The molecule has 0 heterocycles. The Hall–Kier alpha value is -1.27. The fourth-order valence-electron chi connectivity index (χ4n) is 1.02. The Morgan fingerprint density at radius 3 is 2.93 bits per heavy atom. The van der Waals surface area contributed by atoms with Crippen LogP contribution < -0.4 is 15.2 Å². The van der Waals surface area contributed by atoms with Crippen LogP contribution in [0.5, 0.6) is 5.75 Å². The minimum Gasteiger partial charge on any atom is -0.399 e. The summed E-state index contributed by atoms with van der Waals surface area (Å²) in [6.07, 6.45) is 0. The smallest absolute Gasteiger partial charge is 0.357 e. The van der Waals surface area contributed by atoms with Gasteiger partial charge in [-0.2, -0.15) is 4.21 Å². The van der Waals surface area contributed by atoms with E-state index < -0.39 is 11.4 Å². The van der Waals surface area contributed by atoms with E-state index >= 15 is 0 Å². The first-order valence-electron chi connectivity index (χ1n) is 4.06. The van der Waals surface area contributed by atoms with Gasteiger partial charge in [-0.25, -0.2) is 0 Å². The third-order valence-electron chi connectivity index (χ3n) is 1.53. The summed E-state index contributed by atoms with van der Waals surface area (Å²) in [5.41, 5.74) is 6.63. The summed E-state index contributed by atoms with van der Waals surface area (Å²) < 4.78 is 23.7. The van der Waals surface area contributed by atoms with Crippen molar-refractivity contribution < 1.29 is 12.9 Å². The van der Waals surface area contributed by atoms with Crippen molar-refractivity contribution in [1.82, 2.24) is 0 Å². The van der Waals surface area contributed by atoms with Crippen molar-refractivity contribution in [1.29, 1.82) is 0 Å². The SMILES string of the molecule is CCNc1ccc(N)cc1OS(=O)O. The van der Waals surface area contributed by atoms with Gasteiger partial charge >= 0.3 is 11.4 Å². The number of rotatable bonds is 4. The van der Waals surface area contributed by atoms with E-state index in [4.69, 9.17) is 10.3 Å². The predicted octanol–water partition coefficient (Wildman–Crippen LogP) is 1.22. The van der Waals surface area contributed by atoms with Gasteiger partial charge in [0.05, 0.1) is 5.69 Å². The highest BCUT2D eigenvalue weighted by molar-refractivity contribution is 7.74. The lowest BCUT2D eigenvalue weighted by atomic mass is 10.2. The highest BCUT2D eigenvalue weighted by Gasteiger charge is 2.06. The Balaban J connectivity index is 2.96. The molecular weight excluding hydrogens is 204 g/mol. The Kier molecular flexibility index (Phi) is 3.73. The second kappa shape index (κ2) is 4.83. The third kappa shape index (κ3) is 2.90. The Bertz CT molecular complexity index is 343. The lowest BCUT2D eigenvalue weighted by Crippen LogP contribution is -2.04. The average molecular weight is 216 g/mol. The molecule has 0 bridgehead atoms. The van der Waals surface area contributed by atoms with Crippen LogP contribution >= 0.6 is 0 Å². The fraction of sp³-hybridized carbons (Fsp3) is 0.250. The molecule has 0 saturated carbocycles. The molecule has 1 atom stereocenters. The van der Waals surface area contributed by atoms with E-state index in [-0.39, 0.29) is 5.75 Å². The van der Waals surface area contributed by atoms with E-state index in [1.807, 2.05) is 6.92 Å². The zero-order valence-electron chi connectivity index (χ0n) is 7.69. The van der Waals surface area contributed by atoms with Crippen molar-refractivity contribution in [3.05, 3.63) is 18.2 Å². The quantitative estimate of drug-likeness (QED) is 0.520. The minimum atomic E-state index is -2.33. The molecule has 0 aromatic heterocycles. The van der Waals surface area contributed by atoms with Gasteiger partial charge in [-0.15, -0.1) is 0 Å². The molecule has 1 unspecified atom stereocenters. The number of nitrogens with two attached hydrogens (primary N) is 1. The number of benzene rings is 1. The molecule has 0 radical (unpaired) electrons. The molecule has 1 rings (SSSR count). The first-order valence-corrected chi connectivity index (χ1v) is 5.09. The Labute approximate surface area is 84.8 Å². The van der Waals surface area contributed by atoms with Crippen LogP contribution in [0.2, 0.25) is 0 Å². The zero-order chi connectivity index (χ0) is 10.6. The molecule has 0 aliphatic heterocycles. The van der Waals surface area contributed by atoms with E-state index in [9.17, 15) is 4.21 Å². The summed E-state index contributed by atoms with van der Waals surface area (Å²) in [6.45, 7) is 2.61. The largest absolute Gasteiger partial charge is 0.399 e. The van der Waals surface area contributed by atoms with Crippen LogP contribution in [0.15, 0.2) is 18.2 Å². The standard InChI is InChI=1S/C8H12N2O3S/c1-2-10-7-4-3-6(9)5-8(7)13-14(11)12/h3-5,10H,2,9H2,1H3,(H,11,12). The monoisotopic (exact) mass is 216 g/mol. The number of hydrogen-bond acceptors (Lipinski definition) is 4. The average Bonchev–Trinajstić information content (AvgIpc) is 2.09. The molecule has 6 heteroatoms. The number of hydrogen-bond donors (Lipinski definition) is 3. The summed E-state index contributed by atoms with van der Waals surface area (Å²) in [5.74, 6) is 0.271. The van der Waals surface area contributed by atoms with Crippen LogP contribution in [-0.4, -0.2) is 15.3 Å². The van der Waals surface area contributed by atoms with Crippen molar-refractivity contribution in [3.63, 3.8) is 0 Å².